The van der Waals surface area contributed by atoms with Gasteiger partial charge in [-0.05, 0) is 24.6 Å². The molecule has 4 heteroatoms. The second kappa shape index (κ2) is 3.99. The summed E-state index contributed by atoms with van der Waals surface area (Å²) >= 11 is 0. The van der Waals surface area contributed by atoms with Crippen LogP contribution < -0.4 is 5.90 Å². The molecular weight excluding hydrogens is 171 g/mol. The average Bonchev–Trinajstić information content (AvgIpc) is 2.17. The number of nitriles is 1. The predicted molar refractivity (Wildman–Crippen MR) is 44.8 cm³/mol. The normalized spacial score (nSPS) is 12.2. The minimum Gasteiger partial charge on any atom is -0.297 e. The van der Waals surface area contributed by atoms with Gasteiger partial charge in [-0.15, -0.1) is 0 Å². The summed E-state index contributed by atoms with van der Waals surface area (Å²) in [5.41, 5.74) is 0.682. The van der Waals surface area contributed by atoms with E-state index in [2.05, 4.69) is 4.84 Å². The van der Waals surface area contributed by atoms with Gasteiger partial charge in [0, 0.05) is 0 Å². The standard InChI is InChI=1S/C9H9FN2O/c1-6(13-12)7-2-3-9(10)8(4-7)5-11/h2-4,6H,12H2,1H3. The molecule has 0 aromatic heterocycles. The minimum atomic E-state index is -0.532. The second-order valence-electron chi connectivity index (χ2n) is 2.63. The lowest BCUT2D eigenvalue weighted by atomic mass is 10.1. The summed E-state index contributed by atoms with van der Waals surface area (Å²) in [5, 5.41) is 8.54. The Bertz CT molecular complexity index is 346. The number of hydrogen-bond donors (Lipinski definition) is 1. The molecule has 1 aromatic carbocycles. The molecule has 13 heavy (non-hydrogen) atoms. The molecule has 0 heterocycles. The molecule has 0 saturated heterocycles. The van der Waals surface area contributed by atoms with Crippen molar-refractivity contribution in [1.29, 1.82) is 5.26 Å². The van der Waals surface area contributed by atoms with Gasteiger partial charge >= 0.3 is 0 Å². The zero-order chi connectivity index (χ0) is 9.84. The molecule has 1 rings (SSSR count). The Hall–Kier alpha value is -1.44. The van der Waals surface area contributed by atoms with Crippen molar-refractivity contribution in [3.63, 3.8) is 0 Å². The van der Waals surface area contributed by atoms with Crippen molar-refractivity contribution >= 4 is 0 Å². The first-order valence-corrected chi connectivity index (χ1v) is 3.74. The maximum Gasteiger partial charge on any atom is 0.140 e. The Morgan fingerprint density at radius 3 is 2.85 bits per heavy atom. The summed E-state index contributed by atoms with van der Waals surface area (Å²) in [6, 6.07) is 5.93. The number of hydrogen-bond acceptors (Lipinski definition) is 3. The van der Waals surface area contributed by atoms with Crippen LogP contribution in [0.4, 0.5) is 4.39 Å². The van der Waals surface area contributed by atoms with Gasteiger partial charge in [-0.3, -0.25) is 4.84 Å². The number of rotatable bonds is 2. The van der Waals surface area contributed by atoms with Gasteiger partial charge < -0.3 is 0 Å². The first-order chi connectivity index (χ1) is 6.19. The maximum atomic E-state index is 12.8. The van der Waals surface area contributed by atoms with Crippen LogP contribution in [0.1, 0.15) is 24.2 Å². The largest absolute Gasteiger partial charge is 0.297 e. The van der Waals surface area contributed by atoms with E-state index in [-0.39, 0.29) is 11.7 Å². The van der Waals surface area contributed by atoms with Crippen molar-refractivity contribution in [3.8, 4) is 6.07 Å². The SMILES string of the molecule is CC(ON)c1ccc(F)c(C#N)c1. The highest BCUT2D eigenvalue weighted by Crippen LogP contribution is 2.17. The van der Waals surface area contributed by atoms with E-state index in [0.29, 0.717) is 5.56 Å². The number of benzene rings is 1. The van der Waals surface area contributed by atoms with Crippen LogP contribution in [-0.2, 0) is 4.84 Å². The first kappa shape index (κ1) is 9.65. The molecule has 0 bridgehead atoms. The summed E-state index contributed by atoms with van der Waals surface area (Å²) < 4.78 is 12.8. The number of nitrogens with zero attached hydrogens (tertiary/aromatic N) is 1. The second-order valence-corrected chi connectivity index (χ2v) is 2.63. The lowest BCUT2D eigenvalue weighted by Crippen LogP contribution is -2.05. The molecule has 0 saturated carbocycles. The van der Waals surface area contributed by atoms with Crippen molar-refractivity contribution in [2.45, 2.75) is 13.0 Å². The molecular formula is C9H9FN2O. The molecule has 0 aliphatic heterocycles. The molecule has 1 atom stereocenters. The van der Waals surface area contributed by atoms with Crippen LogP contribution in [0.5, 0.6) is 0 Å². The number of halogens is 1. The molecule has 0 aliphatic carbocycles. The molecule has 3 nitrogen and oxygen atoms in total. The molecule has 0 amide bonds. The van der Waals surface area contributed by atoms with Crippen LogP contribution >= 0.6 is 0 Å². The van der Waals surface area contributed by atoms with Crippen LogP contribution in [0.2, 0.25) is 0 Å². The fourth-order valence-electron chi connectivity index (χ4n) is 0.960. The fourth-order valence-corrected chi connectivity index (χ4v) is 0.960. The van der Waals surface area contributed by atoms with Gasteiger partial charge in [0.05, 0.1) is 5.56 Å². The van der Waals surface area contributed by atoms with E-state index in [4.69, 9.17) is 11.2 Å². The molecule has 2 N–H and O–H groups in total. The van der Waals surface area contributed by atoms with Gasteiger partial charge in [-0.25, -0.2) is 10.3 Å². The zero-order valence-corrected chi connectivity index (χ0v) is 7.12. The molecule has 68 valence electrons. The Balaban J connectivity index is 3.08. The Morgan fingerprint density at radius 1 is 1.62 bits per heavy atom. The van der Waals surface area contributed by atoms with Gasteiger partial charge in [-0.1, -0.05) is 6.07 Å². The van der Waals surface area contributed by atoms with E-state index in [9.17, 15) is 4.39 Å². The summed E-state index contributed by atoms with van der Waals surface area (Å²) in [5.74, 6) is 4.43. The number of nitrogens with two attached hydrogens (primary N) is 1. The third-order valence-electron chi connectivity index (χ3n) is 1.78. The maximum absolute atomic E-state index is 12.8. The molecule has 0 fully saturated rings. The van der Waals surface area contributed by atoms with E-state index in [0.717, 1.165) is 0 Å². The Kier molecular flexibility index (Phi) is 2.96. The van der Waals surface area contributed by atoms with E-state index < -0.39 is 5.82 Å². The smallest absolute Gasteiger partial charge is 0.140 e. The van der Waals surface area contributed by atoms with Crippen LogP contribution in [0.3, 0.4) is 0 Å². The van der Waals surface area contributed by atoms with Gasteiger partial charge in [-0.2, -0.15) is 5.26 Å². The molecule has 1 unspecified atom stereocenters. The van der Waals surface area contributed by atoms with Crippen LogP contribution in [0.15, 0.2) is 18.2 Å². The molecule has 0 aliphatic rings. The van der Waals surface area contributed by atoms with E-state index in [1.807, 2.05) is 0 Å². The average molecular weight is 180 g/mol. The summed E-state index contributed by atoms with van der Waals surface area (Å²) in [6.07, 6.45) is -0.340. The highest BCUT2D eigenvalue weighted by molar-refractivity contribution is 5.35. The van der Waals surface area contributed by atoms with Crippen LogP contribution in [-0.4, -0.2) is 0 Å². The van der Waals surface area contributed by atoms with Crippen LogP contribution in [0.25, 0.3) is 0 Å². The topological polar surface area (TPSA) is 59.0 Å². The minimum absolute atomic E-state index is 0.00130. The van der Waals surface area contributed by atoms with Crippen molar-refractivity contribution in [2.75, 3.05) is 0 Å². The fraction of sp³-hybridized carbons (Fsp3) is 0.222. The van der Waals surface area contributed by atoms with Crippen molar-refractivity contribution in [1.82, 2.24) is 0 Å². The van der Waals surface area contributed by atoms with Crippen LogP contribution in [0, 0.1) is 17.1 Å². The van der Waals surface area contributed by atoms with Crippen molar-refractivity contribution in [3.05, 3.63) is 35.1 Å². The van der Waals surface area contributed by atoms with Gasteiger partial charge in [0.25, 0.3) is 0 Å². The predicted octanol–water partition coefficient (Wildman–Crippen LogP) is 1.65. The van der Waals surface area contributed by atoms with E-state index >= 15 is 0 Å². The highest BCUT2D eigenvalue weighted by atomic mass is 19.1. The van der Waals surface area contributed by atoms with E-state index in [1.54, 1.807) is 13.0 Å². The lowest BCUT2D eigenvalue weighted by Gasteiger charge is -2.08. The summed E-state index contributed by atoms with van der Waals surface area (Å²) in [6.45, 7) is 1.72. The lowest BCUT2D eigenvalue weighted by molar-refractivity contribution is 0.0663. The summed E-state index contributed by atoms with van der Waals surface area (Å²) in [7, 11) is 0. The first-order valence-electron chi connectivity index (χ1n) is 3.74. The summed E-state index contributed by atoms with van der Waals surface area (Å²) in [4.78, 5) is 4.54. The molecule has 0 spiro atoms. The zero-order valence-electron chi connectivity index (χ0n) is 7.12. The quantitative estimate of drug-likeness (QED) is 0.704. The van der Waals surface area contributed by atoms with Crippen molar-refractivity contribution < 1.29 is 9.23 Å². The Labute approximate surface area is 75.5 Å². The van der Waals surface area contributed by atoms with Gasteiger partial charge in [0.15, 0.2) is 0 Å². The van der Waals surface area contributed by atoms with Gasteiger partial charge in [0.2, 0.25) is 0 Å². The Morgan fingerprint density at radius 2 is 2.31 bits per heavy atom. The van der Waals surface area contributed by atoms with Crippen molar-refractivity contribution in [2.24, 2.45) is 5.90 Å². The highest BCUT2D eigenvalue weighted by Gasteiger charge is 2.08. The third kappa shape index (κ3) is 2.02. The molecule has 0 radical (unpaired) electrons. The monoisotopic (exact) mass is 180 g/mol. The molecule has 1 aromatic rings. The van der Waals surface area contributed by atoms with Gasteiger partial charge in [0.1, 0.15) is 18.0 Å². The van der Waals surface area contributed by atoms with E-state index in [1.165, 1.54) is 18.2 Å². The third-order valence-corrected chi connectivity index (χ3v) is 1.78.